The van der Waals surface area contributed by atoms with Gasteiger partial charge in [-0.3, -0.25) is 14.5 Å². The summed E-state index contributed by atoms with van der Waals surface area (Å²) in [5, 5.41) is 5.20. The molecule has 0 unspecified atom stereocenters. The Morgan fingerprint density at radius 2 is 1.52 bits per heavy atom. The van der Waals surface area contributed by atoms with Crippen molar-refractivity contribution in [3.63, 3.8) is 0 Å². The minimum Gasteiger partial charge on any atom is -0.350 e. The Hall–Kier alpha value is -3.96. The summed E-state index contributed by atoms with van der Waals surface area (Å²) >= 11 is 1.38. The monoisotopic (exact) mass is 450 g/mol. The summed E-state index contributed by atoms with van der Waals surface area (Å²) in [4.78, 5) is 30.1. The highest BCUT2D eigenvalue weighted by molar-refractivity contribution is 7.12. The van der Waals surface area contributed by atoms with Crippen LogP contribution in [0, 0.1) is 6.92 Å². The Labute approximate surface area is 196 Å². The second kappa shape index (κ2) is 8.88. The first kappa shape index (κ1) is 20.9. The van der Waals surface area contributed by atoms with Gasteiger partial charge in [-0.1, -0.05) is 72.8 Å². The van der Waals surface area contributed by atoms with Crippen molar-refractivity contribution in [2.45, 2.75) is 13.0 Å². The molecule has 0 fully saturated rings. The molecule has 1 aliphatic heterocycles. The van der Waals surface area contributed by atoms with E-state index in [1.807, 2.05) is 109 Å². The lowest BCUT2D eigenvalue weighted by atomic mass is 9.94. The van der Waals surface area contributed by atoms with E-state index >= 15 is 0 Å². The Bertz CT molecular complexity index is 1330. The topological polar surface area (TPSA) is 49.4 Å². The molecule has 5 rings (SSSR count). The normalized spacial score (nSPS) is 15.7. The second-order valence-corrected chi connectivity index (χ2v) is 8.81. The molecule has 1 atom stereocenters. The minimum absolute atomic E-state index is 0.137. The molecule has 0 aliphatic carbocycles. The van der Waals surface area contributed by atoms with Crippen LogP contribution in [-0.4, -0.2) is 11.7 Å². The third-order valence-corrected chi connectivity index (χ3v) is 6.65. The van der Waals surface area contributed by atoms with Gasteiger partial charge in [-0.05, 0) is 47.7 Å². The fraction of sp³-hybridized carbons (Fsp3) is 0.0714. The maximum atomic E-state index is 13.9. The Kier molecular flexibility index (Phi) is 5.63. The molecule has 4 nitrogen and oxygen atoms in total. The number of nitrogens with zero attached hydrogens (tertiary/aromatic N) is 1. The summed E-state index contributed by atoms with van der Waals surface area (Å²) in [6.45, 7) is 1.98. The molecule has 4 aromatic rings. The maximum absolute atomic E-state index is 13.9. The number of para-hydroxylation sites is 2. The molecule has 0 saturated carbocycles. The third-order valence-electron chi connectivity index (χ3n) is 5.78. The molecule has 33 heavy (non-hydrogen) atoms. The van der Waals surface area contributed by atoms with Gasteiger partial charge in [-0.25, -0.2) is 0 Å². The van der Waals surface area contributed by atoms with Crippen LogP contribution in [0.5, 0.6) is 0 Å². The van der Waals surface area contributed by atoms with Gasteiger partial charge < -0.3 is 5.32 Å². The number of Topliss-reactive ketones (excluding diaryl/α,β-unsaturated/α-hetero) is 1. The third kappa shape index (κ3) is 3.88. The van der Waals surface area contributed by atoms with Crippen molar-refractivity contribution in [1.29, 1.82) is 0 Å². The van der Waals surface area contributed by atoms with E-state index in [-0.39, 0.29) is 11.7 Å². The number of nitrogens with one attached hydrogen (secondary N) is 1. The van der Waals surface area contributed by atoms with Gasteiger partial charge in [-0.15, -0.1) is 11.3 Å². The van der Waals surface area contributed by atoms with Crippen molar-refractivity contribution in [3.8, 4) is 0 Å². The molecule has 1 N–H and O–H groups in total. The lowest BCUT2D eigenvalue weighted by Gasteiger charge is -2.27. The van der Waals surface area contributed by atoms with E-state index in [2.05, 4.69) is 5.32 Å². The first-order chi connectivity index (χ1) is 16.1. The first-order valence-electron chi connectivity index (χ1n) is 10.7. The van der Waals surface area contributed by atoms with E-state index in [4.69, 9.17) is 0 Å². The van der Waals surface area contributed by atoms with Crippen LogP contribution in [0.3, 0.4) is 0 Å². The van der Waals surface area contributed by atoms with Crippen LogP contribution in [0.4, 0.5) is 11.4 Å². The number of carbonyl (C=O) groups excluding carboxylic acids is 2. The Morgan fingerprint density at radius 1 is 0.848 bits per heavy atom. The van der Waals surface area contributed by atoms with Crippen LogP contribution in [-0.2, 0) is 4.79 Å². The summed E-state index contributed by atoms with van der Waals surface area (Å²) in [5.41, 5.74) is 4.21. The van der Waals surface area contributed by atoms with E-state index < -0.39 is 6.04 Å². The molecule has 0 saturated heterocycles. The minimum atomic E-state index is -0.540. The van der Waals surface area contributed by atoms with Crippen molar-refractivity contribution in [3.05, 3.63) is 130 Å². The van der Waals surface area contributed by atoms with Gasteiger partial charge in [0.25, 0.3) is 5.91 Å². The van der Waals surface area contributed by atoms with E-state index in [0.717, 1.165) is 22.5 Å². The molecular weight excluding hydrogens is 428 g/mol. The molecule has 2 heterocycles. The van der Waals surface area contributed by atoms with Gasteiger partial charge >= 0.3 is 0 Å². The zero-order valence-electron chi connectivity index (χ0n) is 18.1. The van der Waals surface area contributed by atoms with E-state index in [1.165, 1.54) is 11.3 Å². The standard InChI is InChI=1S/C28H22N2O2S/c1-19-11-8-9-16-22(19)29-25-24(27(31)23-17-10-18-33-23)26(20-12-4-2-5-13-20)30(28(25)32)21-14-6-3-7-15-21/h2-18,26,29H,1H3/t26-/m1/s1. The zero-order chi connectivity index (χ0) is 22.8. The number of hydrogen-bond acceptors (Lipinski definition) is 4. The number of anilines is 2. The van der Waals surface area contributed by atoms with Crippen LogP contribution >= 0.6 is 11.3 Å². The van der Waals surface area contributed by atoms with Crippen LogP contribution in [0.1, 0.15) is 26.8 Å². The number of thiophene rings is 1. The highest BCUT2D eigenvalue weighted by atomic mass is 32.1. The van der Waals surface area contributed by atoms with E-state index in [1.54, 1.807) is 4.90 Å². The molecule has 1 aromatic heterocycles. The average Bonchev–Trinajstić information content (AvgIpc) is 3.49. The quantitative estimate of drug-likeness (QED) is 0.346. The van der Waals surface area contributed by atoms with Gasteiger partial charge in [0, 0.05) is 11.4 Å². The van der Waals surface area contributed by atoms with Gasteiger partial charge in [0.05, 0.1) is 16.5 Å². The van der Waals surface area contributed by atoms with Crippen LogP contribution in [0.15, 0.2) is 114 Å². The van der Waals surface area contributed by atoms with E-state index in [0.29, 0.717) is 16.1 Å². The number of hydrogen-bond donors (Lipinski definition) is 1. The Morgan fingerprint density at radius 3 is 2.18 bits per heavy atom. The SMILES string of the molecule is Cc1ccccc1NC1=C(C(=O)c2cccs2)[C@@H](c2ccccc2)N(c2ccccc2)C1=O. The van der Waals surface area contributed by atoms with Gasteiger partial charge in [0.1, 0.15) is 5.70 Å². The molecule has 3 aromatic carbocycles. The predicted molar refractivity (Wildman–Crippen MR) is 134 cm³/mol. The predicted octanol–water partition coefficient (Wildman–Crippen LogP) is 6.39. The fourth-order valence-electron chi connectivity index (χ4n) is 4.17. The highest BCUT2D eigenvalue weighted by Gasteiger charge is 2.44. The molecular formula is C28H22N2O2S. The number of rotatable bonds is 6. The summed E-state index contributed by atoms with van der Waals surface area (Å²) in [6.07, 6.45) is 0. The molecule has 162 valence electrons. The smallest absolute Gasteiger partial charge is 0.276 e. The summed E-state index contributed by atoms with van der Waals surface area (Å²) in [5.74, 6) is -0.361. The number of benzene rings is 3. The number of amides is 1. The van der Waals surface area contributed by atoms with Crippen LogP contribution in [0.25, 0.3) is 0 Å². The molecule has 1 aliphatic rings. The second-order valence-electron chi connectivity index (χ2n) is 7.86. The molecule has 5 heteroatoms. The first-order valence-corrected chi connectivity index (χ1v) is 11.6. The van der Waals surface area contributed by atoms with Crippen molar-refractivity contribution in [2.24, 2.45) is 0 Å². The molecule has 0 radical (unpaired) electrons. The van der Waals surface area contributed by atoms with Crippen LogP contribution in [0.2, 0.25) is 0 Å². The fourth-order valence-corrected chi connectivity index (χ4v) is 4.85. The van der Waals surface area contributed by atoms with Crippen molar-refractivity contribution in [1.82, 2.24) is 0 Å². The van der Waals surface area contributed by atoms with Crippen molar-refractivity contribution >= 4 is 34.4 Å². The molecule has 0 spiro atoms. The molecule has 1 amide bonds. The van der Waals surface area contributed by atoms with Crippen LogP contribution < -0.4 is 10.2 Å². The highest BCUT2D eigenvalue weighted by Crippen LogP contribution is 2.43. The van der Waals surface area contributed by atoms with Gasteiger partial charge in [-0.2, -0.15) is 0 Å². The summed E-state index contributed by atoms with van der Waals surface area (Å²) in [7, 11) is 0. The average molecular weight is 451 g/mol. The van der Waals surface area contributed by atoms with Crippen molar-refractivity contribution in [2.75, 3.05) is 10.2 Å². The lowest BCUT2D eigenvalue weighted by Crippen LogP contribution is -2.31. The van der Waals surface area contributed by atoms with Gasteiger partial charge in [0.15, 0.2) is 0 Å². The maximum Gasteiger partial charge on any atom is 0.276 e. The number of aryl methyl sites for hydroxylation is 1. The number of carbonyl (C=O) groups is 2. The summed E-state index contributed by atoms with van der Waals surface area (Å²) in [6, 6.07) is 30.1. The van der Waals surface area contributed by atoms with Crippen molar-refractivity contribution < 1.29 is 9.59 Å². The largest absolute Gasteiger partial charge is 0.350 e. The number of ketones is 1. The summed E-state index contributed by atoms with van der Waals surface area (Å²) < 4.78 is 0. The van der Waals surface area contributed by atoms with Gasteiger partial charge in [0.2, 0.25) is 5.78 Å². The zero-order valence-corrected chi connectivity index (χ0v) is 18.9. The molecule has 0 bridgehead atoms. The lowest BCUT2D eigenvalue weighted by molar-refractivity contribution is -0.114. The Balaban J connectivity index is 1.73. The van der Waals surface area contributed by atoms with E-state index in [9.17, 15) is 9.59 Å².